The summed E-state index contributed by atoms with van der Waals surface area (Å²) in [5.41, 5.74) is 4.36. The molecule has 0 saturated carbocycles. The zero-order valence-corrected chi connectivity index (χ0v) is 14.6. The third-order valence-electron chi connectivity index (χ3n) is 3.63. The predicted octanol–water partition coefficient (Wildman–Crippen LogP) is -0.223. The largest absolute Gasteiger partial charge is 0.394 e. The van der Waals surface area contributed by atoms with Crippen molar-refractivity contribution >= 4 is 23.3 Å². The molecule has 2 rings (SSSR count). The molecule has 2 amide bonds. The van der Waals surface area contributed by atoms with Crippen LogP contribution in [-0.2, 0) is 11.3 Å². The Morgan fingerprint density at radius 3 is 2.52 bits per heavy atom. The first-order valence-electron chi connectivity index (χ1n) is 7.90. The highest BCUT2D eigenvalue weighted by atomic mass is 16.3. The van der Waals surface area contributed by atoms with Gasteiger partial charge >= 0.3 is 5.69 Å². The molecule has 0 radical (unpaired) electrons. The summed E-state index contributed by atoms with van der Waals surface area (Å²) in [6.45, 7) is 0.979. The van der Waals surface area contributed by atoms with Gasteiger partial charge in [-0.05, 0) is 37.3 Å². The van der Waals surface area contributed by atoms with Gasteiger partial charge in [-0.25, -0.2) is 4.79 Å². The normalized spacial score (nSPS) is 12.5. The van der Waals surface area contributed by atoms with E-state index in [4.69, 9.17) is 17.3 Å². The molecular formula is C18H19N5O4. The fourth-order valence-corrected chi connectivity index (χ4v) is 1.96. The fraction of sp³-hybridized carbons (Fsp3) is 0.222. The molecule has 5 N–H and O–H groups in total. The lowest BCUT2D eigenvalue weighted by Crippen LogP contribution is -2.51. The van der Waals surface area contributed by atoms with Crippen molar-refractivity contribution in [3.8, 4) is 12.3 Å². The highest BCUT2D eigenvalue weighted by molar-refractivity contribution is 6.04. The van der Waals surface area contributed by atoms with Crippen LogP contribution >= 0.6 is 0 Å². The molecule has 0 aliphatic heterocycles. The lowest BCUT2D eigenvalue weighted by Gasteiger charge is -2.20. The van der Waals surface area contributed by atoms with E-state index in [1.165, 1.54) is 48.0 Å². The van der Waals surface area contributed by atoms with Crippen LogP contribution in [-0.4, -0.2) is 38.6 Å². The molecule has 9 heteroatoms. The number of terminal acetylenes is 1. The maximum absolute atomic E-state index is 12.2. The van der Waals surface area contributed by atoms with Crippen molar-refractivity contribution in [1.82, 2.24) is 9.55 Å². The fourth-order valence-electron chi connectivity index (χ4n) is 1.96. The Kier molecular flexibility index (Phi) is 6.07. The molecule has 2 aromatic rings. The number of rotatable bonds is 6. The van der Waals surface area contributed by atoms with Gasteiger partial charge in [0.1, 0.15) is 11.4 Å². The summed E-state index contributed by atoms with van der Waals surface area (Å²) in [5, 5.41) is 14.1. The molecule has 9 nitrogen and oxygen atoms in total. The van der Waals surface area contributed by atoms with Gasteiger partial charge in [0.05, 0.1) is 13.2 Å². The number of aromatic nitrogens is 2. The number of aliphatic hydroxyl groups is 1. The second-order valence-electron chi connectivity index (χ2n) is 5.99. The van der Waals surface area contributed by atoms with Crippen molar-refractivity contribution in [2.24, 2.45) is 5.73 Å². The Labute approximate surface area is 155 Å². The number of aliphatic hydroxyl groups excluding tert-OH is 1. The maximum Gasteiger partial charge on any atom is 0.350 e. The number of nitrogens with two attached hydrogens (primary N) is 1. The number of hydrogen-bond acceptors (Lipinski definition) is 6. The summed E-state index contributed by atoms with van der Waals surface area (Å²) in [5.74, 6) is 1.39. The minimum absolute atomic E-state index is 0.0887. The average molecular weight is 369 g/mol. The average Bonchev–Trinajstić information content (AvgIpc) is 2.64. The molecule has 0 unspecified atom stereocenters. The minimum atomic E-state index is -1.42. The SMILES string of the molecule is C#CCn1ccc(NC(=O)c2ccc(NC(=O)[C@@](C)(N)CO)cc2)nc1=O. The van der Waals surface area contributed by atoms with E-state index in [0.717, 1.165) is 0 Å². The van der Waals surface area contributed by atoms with Gasteiger partial charge in [-0.1, -0.05) is 5.92 Å². The van der Waals surface area contributed by atoms with Crippen LogP contribution in [0.4, 0.5) is 11.5 Å². The van der Waals surface area contributed by atoms with Gasteiger partial charge in [0.2, 0.25) is 5.91 Å². The van der Waals surface area contributed by atoms with Gasteiger partial charge in [-0.3, -0.25) is 14.2 Å². The van der Waals surface area contributed by atoms with Crippen LogP contribution in [0.3, 0.4) is 0 Å². The van der Waals surface area contributed by atoms with Gasteiger partial charge in [0, 0.05) is 17.4 Å². The van der Waals surface area contributed by atoms with Crippen LogP contribution in [0.2, 0.25) is 0 Å². The summed E-state index contributed by atoms with van der Waals surface area (Å²) in [7, 11) is 0. The van der Waals surface area contributed by atoms with Gasteiger partial charge in [-0.15, -0.1) is 6.42 Å². The topological polar surface area (TPSA) is 139 Å². The molecule has 0 spiro atoms. The summed E-state index contributed by atoms with van der Waals surface area (Å²) < 4.78 is 1.23. The number of anilines is 2. The summed E-state index contributed by atoms with van der Waals surface area (Å²) in [6.07, 6.45) is 6.58. The van der Waals surface area contributed by atoms with Crippen LogP contribution in [0.5, 0.6) is 0 Å². The van der Waals surface area contributed by atoms with Crippen molar-refractivity contribution in [3.63, 3.8) is 0 Å². The van der Waals surface area contributed by atoms with E-state index in [2.05, 4.69) is 21.5 Å². The number of carbonyl (C=O) groups is 2. The first-order valence-corrected chi connectivity index (χ1v) is 7.90. The van der Waals surface area contributed by atoms with E-state index >= 15 is 0 Å². The van der Waals surface area contributed by atoms with Gasteiger partial charge in [0.25, 0.3) is 5.91 Å². The van der Waals surface area contributed by atoms with Crippen LogP contribution in [0, 0.1) is 12.3 Å². The van der Waals surface area contributed by atoms with Crippen molar-refractivity contribution in [2.75, 3.05) is 17.2 Å². The van der Waals surface area contributed by atoms with E-state index in [9.17, 15) is 14.4 Å². The Hall–Kier alpha value is -3.48. The molecule has 0 fully saturated rings. The maximum atomic E-state index is 12.2. The summed E-state index contributed by atoms with van der Waals surface area (Å²) in [6, 6.07) is 7.45. The number of nitrogens with one attached hydrogen (secondary N) is 2. The molecule has 0 aliphatic rings. The van der Waals surface area contributed by atoms with E-state index < -0.39 is 29.6 Å². The van der Waals surface area contributed by atoms with Crippen LogP contribution in [0.25, 0.3) is 0 Å². The summed E-state index contributed by atoms with van der Waals surface area (Å²) in [4.78, 5) is 39.6. The van der Waals surface area contributed by atoms with E-state index in [1.54, 1.807) is 0 Å². The Morgan fingerprint density at radius 2 is 1.96 bits per heavy atom. The van der Waals surface area contributed by atoms with Crippen LogP contribution in [0.15, 0.2) is 41.3 Å². The quantitative estimate of drug-likeness (QED) is 0.519. The molecule has 140 valence electrons. The van der Waals surface area contributed by atoms with Crippen molar-refractivity contribution in [2.45, 2.75) is 19.0 Å². The second kappa shape index (κ2) is 8.27. The monoisotopic (exact) mass is 369 g/mol. The molecule has 1 atom stereocenters. The molecule has 27 heavy (non-hydrogen) atoms. The zero-order valence-electron chi connectivity index (χ0n) is 14.6. The molecule has 1 aromatic carbocycles. The van der Waals surface area contributed by atoms with E-state index in [0.29, 0.717) is 11.3 Å². The van der Waals surface area contributed by atoms with Crippen LogP contribution < -0.4 is 22.1 Å². The van der Waals surface area contributed by atoms with Crippen molar-refractivity contribution in [3.05, 3.63) is 52.6 Å². The van der Waals surface area contributed by atoms with Gasteiger partial charge in [-0.2, -0.15) is 4.98 Å². The number of nitrogens with zero attached hydrogens (tertiary/aromatic N) is 2. The standard InChI is InChI=1S/C18H19N5O4/c1-3-9-23-10-8-14(22-17(23)27)21-15(25)12-4-6-13(7-5-12)20-16(26)18(2,19)11-24/h1,4-8,10,24H,9,11,19H2,2H3,(H,20,26)(H,21,22,25,27)/t18-/m0/s1. The predicted molar refractivity (Wildman–Crippen MR) is 100 cm³/mol. The second-order valence-corrected chi connectivity index (χ2v) is 5.99. The molecule has 0 saturated heterocycles. The van der Waals surface area contributed by atoms with Gasteiger partial charge < -0.3 is 21.5 Å². The van der Waals surface area contributed by atoms with Crippen molar-refractivity contribution < 1.29 is 14.7 Å². The Balaban J connectivity index is 2.06. The zero-order chi connectivity index (χ0) is 20.0. The first-order chi connectivity index (χ1) is 12.8. The molecule has 1 aromatic heterocycles. The van der Waals surface area contributed by atoms with Crippen molar-refractivity contribution in [1.29, 1.82) is 0 Å². The minimum Gasteiger partial charge on any atom is -0.394 e. The Bertz CT molecular complexity index is 941. The number of benzene rings is 1. The Morgan fingerprint density at radius 1 is 1.30 bits per heavy atom. The van der Waals surface area contributed by atoms with E-state index in [1.807, 2.05) is 0 Å². The third-order valence-corrected chi connectivity index (χ3v) is 3.63. The third kappa shape index (κ3) is 5.01. The molecule has 0 aliphatic carbocycles. The first kappa shape index (κ1) is 19.8. The molecule has 0 bridgehead atoms. The number of hydrogen-bond donors (Lipinski definition) is 4. The van der Waals surface area contributed by atoms with Gasteiger partial charge in [0.15, 0.2) is 0 Å². The number of amides is 2. The smallest absolute Gasteiger partial charge is 0.350 e. The lowest BCUT2D eigenvalue weighted by atomic mass is 10.0. The van der Waals surface area contributed by atoms with E-state index in [-0.39, 0.29) is 12.4 Å². The molecule has 1 heterocycles. The highest BCUT2D eigenvalue weighted by Crippen LogP contribution is 2.13. The molecular weight excluding hydrogens is 350 g/mol. The number of carbonyl (C=O) groups excluding carboxylic acids is 2. The highest BCUT2D eigenvalue weighted by Gasteiger charge is 2.27. The lowest BCUT2D eigenvalue weighted by molar-refractivity contribution is -0.121. The summed E-state index contributed by atoms with van der Waals surface area (Å²) >= 11 is 0. The van der Waals surface area contributed by atoms with Crippen LogP contribution in [0.1, 0.15) is 17.3 Å².